The fraction of sp³-hybridized carbons (Fsp3) is 0.455. The van der Waals surface area contributed by atoms with Crippen molar-refractivity contribution in [3.8, 4) is 0 Å². The molecule has 1 rings (SSSR count). The maximum atomic E-state index is 13.0. The van der Waals surface area contributed by atoms with Gasteiger partial charge in [-0.1, -0.05) is 19.9 Å². The summed E-state index contributed by atoms with van der Waals surface area (Å²) in [5.41, 5.74) is 1.72. The summed E-state index contributed by atoms with van der Waals surface area (Å²) in [7, 11) is 3.66. The van der Waals surface area contributed by atoms with Crippen molar-refractivity contribution in [1.82, 2.24) is 0 Å². The minimum absolute atomic E-state index is 0.166. The number of hydrogen-bond acceptors (Lipinski definition) is 1. The van der Waals surface area contributed by atoms with E-state index >= 15 is 0 Å². The summed E-state index contributed by atoms with van der Waals surface area (Å²) in [6.45, 7) is 5.95. The van der Waals surface area contributed by atoms with Crippen molar-refractivity contribution in [2.45, 2.75) is 20.8 Å². The molecule has 0 aliphatic rings. The van der Waals surface area contributed by atoms with E-state index in [-0.39, 0.29) is 5.82 Å². The molecule has 0 spiro atoms. The van der Waals surface area contributed by atoms with Crippen molar-refractivity contribution in [2.24, 2.45) is 0 Å². The number of halogens is 1. The molecule has 0 amide bonds. The number of benzene rings is 1. The molecule has 0 saturated heterocycles. The van der Waals surface area contributed by atoms with Crippen LogP contribution in [0.4, 0.5) is 10.1 Å². The lowest BCUT2D eigenvalue weighted by molar-refractivity contribution is 0.626. The number of anilines is 1. The van der Waals surface area contributed by atoms with Crippen molar-refractivity contribution in [2.75, 3.05) is 19.0 Å². The monoisotopic (exact) mass is 183 g/mol. The van der Waals surface area contributed by atoms with Gasteiger partial charge in [0.05, 0.1) is 5.69 Å². The van der Waals surface area contributed by atoms with Crippen molar-refractivity contribution < 1.29 is 4.39 Å². The highest BCUT2D eigenvalue weighted by atomic mass is 19.1. The molecule has 0 atom stereocenters. The predicted octanol–water partition coefficient (Wildman–Crippen LogP) is 3.23. The first-order chi connectivity index (χ1) is 6.11. The second kappa shape index (κ2) is 5.57. The largest absolute Gasteiger partial charge is 0.375 e. The first kappa shape index (κ1) is 11.9. The highest BCUT2D eigenvalue weighted by molar-refractivity contribution is 5.48. The van der Waals surface area contributed by atoms with Crippen molar-refractivity contribution in [3.63, 3.8) is 0 Å². The Morgan fingerprint density at radius 1 is 1.15 bits per heavy atom. The van der Waals surface area contributed by atoms with Crippen LogP contribution < -0.4 is 4.90 Å². The smallest absolute Gasteiger partial charge is 0.146 e. The van der Waals surface area contributed by atoms with E-state index < -0.39 is 0 Å². The van der Waals surface area contributed by atoms with Gasteiger partial charge in [-0.3, -0.25) is 0 Å². The normalized spacial score (nSPS) is 8.77. The number of hydrogen-bond donors (Lipinski definition) is 0. The predicted molar refractivity (Wildman–Crippen MR) is 56.8 cm³/mol. The standard InChI is InChI=1S/C9H12FN.C2H6/c1-7-4-5-8(10)9(6-7)11(2)3;1-2/h4-6H,1-3H3;1-2H3. The molecule has 0 N–H and O–H groups in total. The summed E-state index contributed by atoms with van der Waals surface area (Å²) in [5, 5.41) is 0. The molecule has 0 radical (unpaired) electrons. The van der Waals surface area contributed by atoms with Crippen LogP contribution in [0.1, 0.15) is 19.4 Å². The van der Waals surface area contributed by atoms with Gasteiger partial charge in [0, 0.05) is 14.1 Å². The Bertz CT molecular complexity index is 256. The van der Waals surface area contributed by atoms with Crippen LogP contribution in [0.3, 0.4) is 0 Å². The highest BCUT2D eigenvalue weighted by Crippen LogP contribution is 2.17. The summed E-state index contributed by atoms with van der Waals surface area (Å²) in [6.07, 6.45) is 0. The Balaban J connectivity index is 0.000000671. The first-order valence-electron chi connectivity index (χ1n) is 4.55. The quantitative estimate of drug-likeness (QED) is 0.646. The number of aryl methyl sites for hydroxylation is 1. The van der Waals surface area contributed by atoms with E-state index in [0.29, 0.717) is 5.69 Å². The second-order valence-corrected chi connectivity index (χ2v) is 2.85. The zero-order chi connectivity index (χ0) is 10.4. The molecule has 13 heavy (non-hydrogen) atoms. The van der Waals surface area contributed by atoms with Gasteiger partial charge in [-0.15, -0.1) is 0 Å². The minimum Gasteiger partial charge on any atom is -0.375 e. The highest BCUT2D eigenvalue weighted by Gasteiger charge is 2.02. The Kier molecular flexibility index (Phi) is 5.12. The van der Waals surface area contributed by atoms with E-state index in [1.807, 2.05) is 40.9 Å². The minimum atomic E-state index is -0.166. The van der Waals surface area contributed by atoms with Crippen LogP contribution in [0.25, 0.3) is 0 Å². The Morgan fingerprint density at radius 3 is 2.08 bits per heavy atom. The molecule has 74 valence electrons. The second-order valence-electron chi connectivity index (χ2n) is 2.85. The van der Waals surface area contributed by atoms with Crippen LogP contribution in [0, 0.1) is 12.7 Å². The summed E-state index contributed by atoms with van der Waals surface area (Å²) in [6, 6.07) is 5.09. The fourth-order valence-electron chi connectivity index (χ4n) is 0.965. The summed E-state index contributed by atoms with van der Waals surface area (Å²) < 4.78 is 13.0. The van der Waals surface area contributed by atoms with Crippen LogP contribution in [0.5, 0.6) is 0 Å². The molecule has 0 unspecified atom stereocenters. The Hall–Kier alpha value is -1.05. The topological polar surface area (TPSA) is 3.24 Å². The van der Waals surface area contributed by atoms with Gasteiger partial charge in [-0.25, -0.2) is 4.39 Å². The zero-order valence-corrected chi connectivity index (χ0v) is 9.06. The summed E-state index contributed by atoms with van der Waals surface area (Å²) >= 11 is 0. The molecule has 0 aliphatic carbocycles. The third-order valence-electron chi connectivity index (χ3n) is 1.58. The average Bonchev–Trinajstić information content (AvgIpc) is 2.12. The first-order valence-corrected chi connectivity index (χ1v) is 4.55. The van der Waals surface area contributed by atoms with Crippen LogP contribution in [-0.2, 0) is 0 Å². The lowest BCUT2D eigenvalue weighted by Gasteiger charge is -2.13. The lowest BCUT2D eigenvalue weighted by atomic mass is 10.2. The molecule has 1 aromatic carbocycles. The number of rotatable bonds is 1. The van der Waals surface area contributed by atoms with Crippen molar-refractivity contribution >= 4 is 5.69 Å². The van der Waals surface area contributed by atoms with Gasteiger partial charge < -0.3 is 4.90 Å². The lowest BCUT2D eigenvalue weighted by Crippen LogP contribution is -2.10. The van der Waals surface area contributed by atoms with Gasteiger partial charge in [0.15, 0.2) is 0 Å². The van der Waals surface area contributed by atoms with Crippen LogP contribution >= 0.6 is 0 Å². The molecular weight excluding hydrogens is 165 g/mol. The number of nitrogens with zero attached hydrogens (tertiary/aromatic N) is 1. The third kappa shape index (κ3) is 3.45. The SMILES string of the molecule is CC.Cc1ccc(F)c(N(C)C)c1. The van der Waals surface area contributed by atoms with E-state index in [0.717, 1.165) is 5.56 Å². The van der Waals surface area contributed by atoms with Crippen molar-refractivity contribution in [3.05, 3.63) is 29.6 Å². The zero-order valence-electron chi connectivity index (χ0n) is 9.06. The molecule has 0 aliphatic heterocycles. The van der Waals surface area contributed by atoms with Gasteiger partial charge in [0.25, 0.3) is 0 Å². The van der Waals surface area contributed by atoms with E-state index in [2.05, 4.69) is 0 Å². The average molecular weight is 183 g/mol. The molecule has 0 heterocycles. The fourth-order valence-corrected chi connectivity index (χ4v) is 0.965. The van der Waals surface area contributed by atoms with Gasteiger partial charge >= 0.3 is 0 Å². The molecular formula is C11H18FN. The van der Waals surface area contributed by atoms with Gasteiger partial charge in [0.2, 0.25) is 0 Å². The molecule has 0 saturated carbocycles. The summed E-state index contributed by atoms with van der Waals surface area (Å²) in [5.74, 6) is -0.166. The molecule has 0 fully saturated rings. The van der Waals surface area contributed by atoms with Gasteiger partial charge in [0.1, 0.15) is 5.82 Å². The van der Waals surface area contributed by atoms with E-state index in [4.69, 9.17) is 0 Å². The van der Waals surface area contributed by atoms with E-state index in [9.17, 15) is 4.39 Å². The van der Waals surface area contributed by atoms with Crippen LogP contribution in [-0.4, -0.2) is 14.1 Å². The van der Waals surface area contributed by atoms with Gasteiger partial charge in [-0.2, -0.15) is 0 Å². The molecule has 1 nitrogen and oxygen atoms in total. The third-order valence-corrected chi connectivity index (χ3v) is 1.58. The maximum absolute atomic E-state index is 13.0. The van der Waals surface area contributed by atoms with Crippen LogP contribution in [0.15, 0.2) is 18.2 Å². The molecule has 0 bridgehead atoms. The summed E-state index contributed by atoms with van der Waals surface area (Å²) in [4.78, 5) is 1.77. The molecule has 0 aromatic heterocycles. The molecule has 1 aromatic rings. The Labute approximate surface area is 80.2 Å². The molecule has 2 heteroatoms. The van der Waals surface area contributed by atoms with Gasteiger partial charge in [-0.05, 0) is 24.6 Å². The Morgan fingerprint density at radius 2 is 1.69 bits per heavy atom. The van der Waals surface area contributed by atoms with E-state index in [1.54, 1.807) is 11.0 Å². The van der Waals surface area contributed by atoms with E-state index in [1.165, 1.54) is 6.07 Å². The van der Waals surface area contributed by atoms with Crippen molar-refractivity contribution in [1.29, 1.82) is 0 Å². The van der Waals surface area contributed by atoms with Crippen LogP contribution in [0.2, 0.25) is 0 Å². The maximum Gasteiger partial charge on any atom is 0.146 e.